The maximum atomic E-state index is 5.35. The fourth-order valence-electron chi connectivity index (χ4n) is 3.27. The second-order valence-electron chi connectivity index (χ2n) is 6.67. The molecule has 0 amide bonds. The molecule has 1 unspecified atom stereocenters. The number of hydrogen-bond donors (Lipinski definition) is 0. The van der Waals surface area contributed by atoms with Gasteiger partial charge in [-0.2, -0.15) is 28.6 Å². The van der Waals surface area contributed by atoms with Crippen molar-refractivity contribution in [2.24, 2.45) is 0 Å². The lowest BCUT2D eigenvalue weighted by Crippen LogP contribution is -2.18. The van der Waals surface area contributed by atoms with Crippen LogP contribution in [0.15, 0.2) is 30.5 Å². The number of methoxy groups -OCH3 is 1. The van der Waals surface area contributed by atoms with E-state index in [1.54, 1.807) is 18.4 Å². The quantitative estimate of drug-likeness (QED) is 0.521. The number of rotatable bonds is 7. The topological polar surface area (TPSA) is 52.8 Å². The first-order valence-electron chi connectivity index (χ1n) is 9.41. The molecule has 2 aromatic heterocycles. The van der Waals surface area contributed by atoms with Crippen molar-refractivity contribution < 1.29 is 4.74 Å². The SMILES string of the molecule is COc1cccc(-c2ncc(-c3nc(CCSC)nn3C3CCCSC3)s2)c1. The fourth-order valence-corrected chi connectivity index (χ4v) is 5.67. The van der Waals surface area contributed by atoms with E-state index in [0.29, 0.717) is 6.04 Å². The molecule has 3 heterocycles. The van der Waals surface area contributed by atoms with E-state index in [4.69, 9.17) is 14.8 Å². The predicted molar refractivity (Wildman–Crippen MR) is 121 cm³/mol. The number of thioether (sulfide) groups is 2. The number of aromatic nitrogens is 4. The van der Waals surface area contributed by atoms with Crippen molar-refractivity contribution in [2.45, 2.75) is 25.3 Å². The van der Waals surface area contributed by atoms with Crippen LogP contribution in [0.4, 0.5) is 0 Å². The molecule has 0 radical (unpaired) electrons. The molecule has 1 aliphatic heterocycles. The van der Waals surface area contributed by atoms with Crippen molar-refractivity contribution in [1.82, 2.24) is 19.7 Å². The summed E-state index contributed by atoms with van der Waals surface area (Å²) < 4.78 is 7.52. The molecule has 4 rings (SSSR count). The number of nitrogens with zero attached hydrogens (tertiary/aromatic N) is 4. The van der Waals surface area contributed by atoms with E-state index in [1.807, 2.05) is 47.9 Å². The van der Waals surface area contributed by atoms with Crippen LogP contribution in [0.5, 0.6) is 5.75 Å². The van der Waals surface area contributed by atoms with Crippen LogP contribution in [0.2, 0.25) is 0 Å². The standard InChI is InChI=1S/C20H24N4OS3/c1-25-16-7-3-5-14(11-16)20-21-12-17(28-20)19-22-18(8-10-26-2)23-24(19)15-6-4-9-27-13-15/h3,5,7,11-12,15H,4,6,8-10,13H2,1-2H3. The Morgan fingerprint density at radius 1 is 1.36 bits per heavy atom. The summed E-state index contributed by atoms with van der Waals surface area (Å²) in [5.41, 5.74) is 1.07. The first-order chi connectivity index (χ1) is 13.8. The minimum Gasteiger partial charge on any atom is -0.497 e. The van der Waals surface area contributed by atoms with Crippen LogP contribution in [-0.2, 0) is 6.42 Å². The summed E-state index contributed by atoms with van der Waals surface area (Å²) >= 11 is 5.52. The van der Waals surface area contributed by atoms with E-state index >= 15 is 0 Å². The number of benzene rings is 1. The molecule has 1 fully saturated rings. The van der Waals surface area contributed by atoms with E-state index in [-0.39, 0.29) is 0 Å². The van der Waals surface area contributed by atoms with Gasteiger partial charge in [0.25, 0.3) is 0 Å². The molecular weight excluding hydrogens is 408 g/mol. The van der Waals surface area contributed by atoms with Crippen molar-refractivity contribution in [2.75, 3.05) is 30.6 Å². The Balaban J connectivity index is 1.67. The monoisotopic (exact) mass is 432 g/mol. The van der Waals surface area contributed by atoms with Gasteiger partial charge < -0.3 is 4.74 Å². The molecule has 1 aliphatic rings. The summed E-state index contributed by atoms with van der Waals surface area (Å²) in [6.45, 7) is 0. The molecule has 0 bridgehead atoms. The molecule has 28 heavy (non-hydrogen) atoms. The molecule has 5 nitrogen and oxygen atoms in total. The minimum atomic E-state index is 0.423. The summed E-state index contributed by atoms with van der Waals surface area (Å²) in [4.78, 5) is 10.7. The molecule has 1 aromatic carbocycles. The highest BCUT2D eigenvalue weighted by molar-refractivity contribution is 7.99. The first kappa shape index (κ1) is 19.8. The Morgan fingerprint density at radius 2 is 2.29 bits per heavy atom. The number of thiazole rings is 1. The molecule has 0 N–H and O–H groups in total. The third kappa shape index (κ3) is 4.39. The van der Waals surface area contributed by atoms with Crippen molar-refractivity contribution in [1.29, 1.82) is 0 Å². The third-order valence-corrected chi connectivity index (χ3v) is 7.58. The normalized spacial score (nSPS) is 17.0. The van der Waals surface area contributed by atoms with Crippen molar-refractivity contribution in [3.63, 3.8) is 0 Å². The van der Waals surface area contributed by atoms with E-state index in [0.717, 1.165) is 50.8 Å². The highest BCUT2D eigenvalue weighted by Crippen LogP contribution is 2.35. The van der Waals surface area contributed by atoms with Crippen LogP contribution in [-0.4, -0.2) is 50.4 Å². The van der Waals surface area contributed by atoms with Gasteiger partial charge in [-0.15, -0.1) is 11.3 Å². The average molecular weight is 433 g/mol. The van der Waals surface area contributed by atoms with Gasteiger partial charge >= 0.3 is 0 Å². The van der Waals surface area contributed by atoms with Gasteiger partial charge in [0.15, 0.2) is 11.6 Å². The molecule has 0 spiro atoms. The maximum Gasteiger partial charge on any atom is 0.170 e. The lowest BCUT2D eigenvalue weighted by molar-refractivity contribution is 0.415. The predicted octanol–water partition coefficient (Wildman–Crippen LogP) is 5.05. The summed E-state index contributed by atoms with van der Waals surface area (Å²) in [5.74, 6) is 6.16. The zero-order chi connectivity index (χ0) is 19.3. The van der Waals surface area contributed by atoms with Gasteiger partial charge in [-0.1, -0.05) is 12.1 Å². The van der Waals surface area contributed by atoms with Gasteiger partial charge in [-0.25, -0.2) is 14.6 Å². The number of hydrogen-bond acceptors (Lipinski definition) is 7. The Hall–Kier alpha value is -1.51. The first-order valence-corrected chi connectivity index (χ1v) is 12.8. The number of aryl methyl sites for hydroxylation is 1. The van der Waals surface area contributed by atoms with Crippen molar-refractivity contribution in [3.8, 4) is 27.0 Å². The minimum absolute atomic E-state index is 0.423. The highest BCUT2D eigenvalue weighted by atomic mass is 32.2. The van der Waals surface area contributed by atoms with E-state index < -0.39 is 0 Å². The van der Waals surface area contributed by atoms with Crippen LogP contribution in [0.1, 0.15) is 24.7 Å². The number of ether oxygens (including phenoxy) is 1. The van der Waals surface area contributed by atoms with Crippen LogP contribution in [0.25, 0.3) is 21.3 Å². The van der Waals surface area contributed by atoms with Crippen LogP contribution in [0, 0.1) is 0 Å². The summed E-state index contributed by atoms with van der Waals surface area (Å²) in [5, 5.41) is 5.87. The lowest BCUT2D eigenvalue weighted by atomic mass is 10.2. The summed E-state index contributed by atoms with van der Waals surface area (Å²) in [6, 6.07) is 8.46. The lowest BCUT2D eigenvalue weighted by Gasteiger charge is -2.22. The average Bonchev–Trinajstić information content (AvgIpc) is 3.40. The smallest absolute Gasteiger partial charge is 0.170 e. The molecular formula is C20H24N4OS3. The molecule has 1 saturated heterocycles. The van der Waals surface area contributed by atoms with Gasteiger partial charge in [0.1, 0.15) is 10.8 Å². The van der Waals surface area contributed by atoms with Crippen molar-refractivity contribution in [3.05, 3.63) is 36.3 Å². The Bertz CT molecular complexity index is 918. The molecule has 0 saturated carbocycles. The fraction of sp³-hybridized carbons (Fsp3) is 0.450. The molecule has 1 atom stereocenters. The zero-order valence-electron chi connectivity index (χ0n) is 16.1. The van der Waals surface area contributed by atoms with E-state index in [2.05, 4.69) is 22.0 Å². The zero-order valence-corrected chi connectivity index (χ0v) is 18.6. The van der Waals surface area contributed by atoms with Gasteiger partial charge in [0, 0.05) is 29.7 Å². The molecule has 0 aliphatic carbocycles. The second kappa shape index (κ2) is 9.33. The Labute approximate surface area is 178 Å². The van der Waals surface area contributed by atoms with Crippen molar-refractivity contribution >= 4 is 34.9 Å². The highest BCUT2D eigenvalue weighted by Gasteiger charge is 2.23. The summed E-state index contributed by atoms with van der Waals surface area (Å²) in [7, 11) is 1.69. The molecule has 8 heteroatoms. The second-order valence-corrected chi connectivity index (χ2v) is 9.84. The molecule has 148 valence electrons. The van der Waals surface area contributed by atoms with Gasteiger partial charge in [0.05, 0.1) is 18.0 Å². The Morgan fingerprint density at radius 3 is 3.07 bits per heavy atom. The third-order valence-electron chi connectivity index (χ3n) is 4.73. The van der Waals surface area contributed by atoms with Crippen LogP contribution >= 0.6 is 34.9 Å². The molecule has 3 aromatic rings. The van der Waals surface area contributed by atoms with Crippen LogP contribution < -0.4 is 4.74 Å². The Kier molecular flexibility index (Phi) is 6.59. The van der Waals surface area contributed by atoms with Gasteiger partial charge in [-0.05, 0) is 37.0 Å². The van der Waals surface area contributed by atoms with Gasteiger partial charge in [-0.3, -0.25) is 0 Å². The van der Waals surface area contributed by atoms with E-state index in [1.165, 1.54) is 18.6 Å². The van der Waals surface area contributed by atoms with Crippen LogP contribution in [0.3, 0.4) is 0 Å². The largest absolute Gasteiger partial charge is 0.497 e. The maximum absolute atomic E-state index is 5.35. The van der Waals surface area contributed by atoms with Gasteiger partial charge in [0.2, 0.25) is 0 Å². The summed E-state index contributed by atoms with van der Waals surface area (Å²) in [6.07, 6.45) is 7.38. The van der Waals surface area contributed by atoms with E-state index in [9.17, 15) is 0 Å².